The van der Waals surface area contributed by atoms with Crippen molar-refractivity contribution in [3.05, 3.63) is 182 Å². The number of carbonyl (C=O) groups excluding carboxylic acids is 3. The molecule has 12 heteroatoms. The van der Waals surface area contributed by atoms with Gasteiger partial charge in [-0.2, -0.15) is 5.26 Å². The first kappa shape index (κ1) is 44.0. The van der Waals surface area contributed by atoms with E-state index in [1.54, 1.807) is 24.3 Å². The molecule has 0 radical (unpaired) electrons. The maximum atomic E-state index is 14.4. The number of halogens is 2. The molecule has 0 fully saturated rings. The Morgan fingerprint density at radius 2 is 1.55 bits per heavy atom. The van der Waals surface area contributed by atoms with Crippen molar-refractivity contribution in [2.75, 3.05) is 19.0 Å². The summed E-state index contributed by atoms with van der Waals surface area (Å²) in [7, 11) is 1.32. The molecule has 2 aliphatic heterocycles. The third-order valence-electron chi connectivity index (χ3n) is 11.7. The number of nitrogens with one attached hydrogen (secondary N) is 2. The number of rotatable bonds is 15. The molecule has 2 heterocycles. The van der Waals surface area contributed by atoms with E-state index < -0.39 is 24.2 Å². The number of ether oxygens (including phenoxy) is 3. The van der Waals surface area contributed by atoms with Gasteiger partial charge in [-0.05, 0) is 119 Å². The Balaban J connectivity index is 0.954. The van der Waals surface area contributed by atoms with Crippen LogP contribution in [0.25, 0.3) is 11.1 Å². The van der Waals surface area contributed by atoms with Gasteiger partial charge in [0.2, 0.25) is 5.91 Å². The lowest BCUT2D eigenvalue weighted by Gasteiger charge is -2.37. The molecule has 2 N–H and O–H groups in total. The summed E-state index contributed by atoms with van der Waals surface area (Å²) in [5, 5.41) is 16.2. The molecule has 6 aromatic carbocycles. The van der Waals surface area contributed by atoms with Gasteiger partial charge in [-0.1, -0.05) is 108 Å². The summed E-state index contributed by atoms with van der Waals surface area (Å²) >= 11 is 12.2. The zero-order valence-corrected chi connectivity index (χ0v) is 36.7. The van der Waals surface area contributed by atoms with E-state index in [2.05, 4.69) is 33.7 Å². The Morgan fingerprint density at radius 3 is 2.25 bits per heavy atom. The maximum absolute atomic E-state index is 14.4. The molecule has 0 aromatic heterocycles. The average Bonchev–Trinajstić information content (AvgIpc) is 3.32. The van der Waals surface area contributed by atoms with Gasteiger partial charge in [-0.25, -0.2) is 4.79 Å². The summed E-state index contributed by atoms with van der Waals surface area (Å²) in [4.78, 5) is 43.2. The zero-order chi connectivity index (χ0) is 44.6. The predicted octanol–water partition coefficient (Wildman–Crippen LogP) is 9.31. The Labute approximate surface area is 382 Å². The normalized spacial score (nSPS) is 15.9. The van der Waals surface area contributed by atoms with Crippen LogP contribution in [0.4, 0.5) is 5.69 Å². The van der Waals surface area contributed by atoms with Gasteiger partial charge in [0, 0.05) is 19.4 Å². The van der Waals surface area contributed by atoms with Crippen LogP contribution in [0.2, 0.25) is 10.0 Å². The lowest BCUT2D eigenvalue weighted by atomic mass is 9.91. The molecule has 6 aromatic rings. The number of methoxy groups -OCH3 is 1. The number of amides is 2. The third kappa shape index (κ3) is 10.7. The number of nitriles is 1. The van der Waals surface area contributed by atoms with Crippen molar-refractivity contribution >= 4 is 46.7 Å². The minimum Gasteiger partial charge on any atom is -0.489 e. The fourth-order valence-electron chi connectivity index (χ4n) is 8.19. The quantitative estimate of drug-likeness (QED) is 0.0977. The smallest absolute Gasteiger partial charge is 0.328 e. The number of anilines is 1. The highest BCUT2D eigenvalue weighted by molar-refractivity contribution is 6.42. The molecule has 2 aliphatic rings. The number of benzene rings is 6. The highest BCUT2D eigenvalue weighted by Crippen LogP contribution is 2.37. The minimum absolute atomic E-state index is 0.236. The monoisotopic (exact) mass is 892 g/mol. The lowest BCUT2D eigenvalue weighted by molar-refractivity contribution is -0.145. The van der Waals surface area contributed by atoms with E-state index >= 15 is 0 Å². The first-order valence-corrected chi connectivity index (χ1v) is 21.9. The van der Waals surface area contributed by atoms with Gasteiger partial charge in [0.1, 0.15) is 24.1 Å². The van der Waals surface area contributed by atoms with E-state index in [1.165, 1.54) is 12.7 Å². The molecular weight excluding hydrogens is 847 g/mol. The number of esters is 1. The molecule has 3 atom stereocenters. The Morgan fingerprint density at radius 1 is 0.844 bits per heavy atom. The topological polar surface area (TPSA) is 130 Å². The van der Waals surface area contributed by atoms with Crippen LogP contribution in [0.3, 0.4) is 0 Å². The van der Waals surface area contributed by atoms with E-state index in [4.69, 9.17) is 42.7 Å². The first-order chi connectivity index (χ1) is 31.1. The molecule has 0 spiro atoms. The Bertz CT molecular complexity index is 2670. The van der Waals surface area contributed by atoms with E-state index in [9.17, 15) is 14.4 Å². The van der Waals surface area contributed by atoms with Crippen LogP contribution in [0.5, 0.6) is 11.5 Å². The Hall–Kier alpha value is -6.64. The van der Waals surface area contributed by atoms with Crippen molar-refractivity contribution in [1.29, 1.82) is 5.26 Å². The second-order valence-corrected chi connectivity index (χ2v) is 16.9. The van der Waals surface area contributed by atoms with Crippen molar-refractivity contribution in [3.8, 4) is 28.7 Å². The van der Waals surface area contributed by atoms with Gasteiger partial charge in [0.15, 0.2) is 6.10 Å². The molecule has 64 heavy (non-hydrogen) atoms. The third-order valence-corrected chi connectivity index (χ3v) is 12.4. The molecule has 2 amide bonds. The van der Waals surface area contributed by atoms with Crippen LogP contribution >= 0.6 is 23.2 Å². The van der Waals surface area contributed by atoms with Crippen molar-refractivity contribution < 1.29 is 28.6 Å². The SMILES string of the molecule is COC(=O)[C@@H](Cc1ccc(-c2ccc(C#N)cc2)cc1)NC(=O)[C@@H]1Cc2cc3c(cc2CN1CCCc1ccccc1)O[C@H](Cc1ccc(OCc2ccc(Cl)c(Cl)c2)cc1)C(=O)N3. The summed E-state index contributed by atoms with van der Waals surface area (Å²) in [5.74, 6) is 0.176. The number of hydrogen-bond donors (Lipinski definition) is 2. The van der Waals surface area contributed by atoms with Crippen LogP contribution in [-0.4, -0.2) is 54.5 Å². The van der Waals surface area contributed by atoms with Crippen molar-refractivity contribution in [1.82, 2.24) is 10.2 Å². The molecule has 0 saturated heterocycles. The van der Waals surface area contributed by atoms with Gasteiger partial charge >= 0.3 is 5.97 Å². The molecule has 8 rings (SSSR count). The van der Waals surface area contributed by atoms with Gasteiger partial charge in [0.25, 0.3) is 5.91 Å². The molecular formula is C52H46Cl2N4O6. The Kier molecular flexibility index (Phi) is 13.9. The van der Waals surface area contributed by atoms with Gasteiger partial charge in [-0.15, -0.1) is 0 Å². The lowest BCUT2D eigenvalue weighted by Crippen LogP contribution is -2.54. The van der Waals surface area contributed by atoms with Crippen molar-refractivity contribution in [2.45, 2.75) is 63.4 Å². The average molecular weight is 894 g/mol. The van der Waals surface area contributed by atoms with E-state index in [0.717, 1.165) is 51.8 Å². The second kappa shape index (κ2) is 20.2. The second-order valence-electron chi connectivity index (χ2n) is 16.1. The van der Waals surface area contributed by atoms with Crippen LogP contribution in [0.15, 0.2) is 133 Å². The minimum atomic E-state index is -0.920. The van der Waals surface area contributed by atoms with E-state index in [0.29, 0.717) is 65.3 Å². The fraction of sp³-hybridized carbons (Fsp3) is 0.231. The molecule has 324 valence electrons. The largest absolute Gasteiger partial charge is 0.489 e. The zero-order valence-electron chi connectivity index (χ0n) is 35.2. The molecule has 0 saturated carbocycles. The maximum Gasteiger partial charge on any atom is 0.328 e. The first-order valence-electron chi connectivity index (χ1n) is 21.2. The highest BCUT2D eigenvalue weighted by Gasteiger charge is 2.36. The van der Waals surface area contributed by atoms with Crippen LogP contribution in [-0.2, 0) is 58.0 Å². The standard InChI is InChI=1S/C52H46Cl2N4O6/c1-62-52(61)46(25-34-9-16-38(17-10-34)39-18-11-36(30-55)12-19-39)57-50(59)47-28-40-27-45-48(29-41(40)31-58(47)23-5-8-33-6-3-2-4-7-33)64-49(51(60)56-45)26-35-13-20-42(21-14-35)63-32-37-15-22-43(53)44(54)24-37/h2-4,6-7,9-22,24,27,29,46-47,49H,5,8,23,25-26,28,31-32H2,1H3,(H,56,60)(H,57,59)/t46-,47+,49-/m1/s1. The molecule has 0 aliphatic carbocycles. The summed E-state index contributed by atoms with van der Waals surface area (Å²) in [6, 6.07) is 42.8. The van der Waals surface area contributed by atoms with Gasteiger partial charge in [-0.3, -0.25) is 14.5 Å². The number of hydrogen-bond acceptors (Lipinski definition) is 8. The van der Waals surface area contributed by atoms with Gasteiger partial charge < -0.3 is 24.8 Å². The molecule has 0 bridgehead atoms. The molecule has 10 nitrogen and oxygen atoms in total. The predicted molar refractivity (Wildman–Crippen MR) is 247 cm³/mol. The summed E-state index contributed by atoms with van der Waals surface area (Å²) in [6.07, 6.45) is 1.86. The number of nitrogens with zero attached hydrogens (tertiary/aromatic N) is 2. The summed E-state index contributed by atoms with van der Waals surface area (Å²) < 4.78 is 17.5. The number of aryl methyl sites for hydroxylation is 1. The van der Waals surface area contributed by atoms with Crippen LogP contribution in [0, 0.1) is 11.3 Å². The van der Waals surface area contributed by atoms with Crippen LogP contribution < -0.4 is 20.1 Å². The van der Waals surface area contributed by atoms with E-state index in [1.807, 2.05) is 97.1 Å². The summed E-state index contributed by atoms with van der Waals surface area (Å²) in [6.45, 7) is 1.44. The highest BCUT2D eigenvalue weighted by atomic mass is 35.5. The van der Waals surface area contributed by atoms with Crippen molar-refractivity contribution in [2.24, 2.45) is 0 Å². The molecule has 0 unspecified atom stereocenters. The summed E-state index contributed by atoms with van der Waals surface area (Å²) in [5.41, 5.74) is 8.87. The fourth-order valence-corrected chi connectivity index (χ4v) is 8.51. The van der Waals surface area contributed by atoms with Gasteiger partial charge in [0.05, 0.1) is 40.5 Å². The number of fused-ring (bicyclic) bond motifs is 2. The van der Waals surface area contributed by atoms with Crippen molar-refractivity contribution in [3.63, 3.8) is 0 Å². The number of carbonyl (C=O) groups is 3. The van der Waals surface area contributed by atoms with E-state index in [-0.39, 0.29) is 18.2 Å². The van der Waals surface area contributed by atoms with Crippen LogP contribution in [0.1, 0.15) is 45.4 Å².